The van der Waals surface area contributed by atoms with Gasteiger partial charge in [-0.15, -0.1) is 0 Å². The zero-order valence-electron chi connectivity index (χ0n) is 7.33. The summed E-state index contributed by atoms with van der Waals surface area (Å²) >= 11 is 0. The van der Waals surface area contributed by atoms with Gasteiger partial charge >= 0.3 is 6.16 Å². The first-order chi connectivity index (χ1) is 4.92. The topological polar surface area (TPSA) is 46.5 Å². The summed E-state index contributed by atoms with van der Waals surface area (Å²) in [6.07, 6.45) is -0.415. The molecule has 0 aromatic carbocycles. The molecule has 0 saturated heterocycles. The molecule has 0 bridgehead atoms. The SMILES string of the molecule is C[N+](C)(C)CCCOC(=O)O. The molecule has 0 radical (unpaired) electrons. The van der Waals surface area contributed by atoms with Crippen LogP contribution in [-0.4, -0.2) is 50.0 Å². The van der Waals surface area contributed by atoms with E-state index in [1.807, 2.05) is 0 Å². The fourth-order valence-electron chi connectivity index (χ4n) is 0.698. The smallest absolute Gasteiger partial charge is 0.450 e. The van der Waals surface area contributed by atoms with Gasteiger partial charge in [-0.05, 0) is 0 Å². The third-order valence-electron chi connectivity index (χ3n) is 1.20. The Kier molecular flexibility index (Phi) is 3.89. The standard InChI is InChI=1S/C7H15NO3/c1-8(2,3)5-4-6-11-7(9)10/h4-6H2,1-3H3/p+1. The van der Waals surface area contributed by atoms with Gasteiger partial charge < -0.3 is 14.3 Å². The van der Waals surface area contributed by atoms with E-state index in [0.29, 0.717) is 6.61 Å². The molecule has 0 atom stereocenters. The van der Waals surface area contributed by atoms with Gasteiger partial charge in [0.05, 0.1) is 27.7 Å². The highest BCUT2D eigenvalue weighted by Gasteiger charge is 2.06. The van der Waals surface area contributed by atoms with Crippen LogP contribution in [0.2, 0.25) is 0 Å². The van der Waals surface area contributed by atoms with Crippen molar-refractivity contribution in [3.63, 3.8) is 0 Å². The predicted octanol–water partition coefficient (Wildman–Crippen LogP) is 0.777. The molecule has 0 unspecified atom stereocenters. The number of ether oxygens (including phenoxy) is 1. The first kappa shape index (κ1) is 10.2. The third-order valence-corrected chi connectivity index (χ3v) is 1.20. The first-order valence-electron chi connectivity index (χ1n) is 3.58. The van der Waals surface area contributed by atoms with E-state index in [0.717, 1.165) is 17.4 Å². The molecule has 0 heterocycles. The number of hydrogen-bond acceptors (Lipinski definition) is 2. The van der Waals surface area contributed by atoms with Crippen LogP contribution in [0.1, 0.15) is 6.42 Å². The summed E-state index contributed by atoms with van der Waals surface area (Å²) in [6, 6.07) is 0. The maximum Gasteiger partial charge on any atom is 0.505 e. The van der Waals surface area contributed by atoms with Crippen molar-refractivity contribution in [1.82, 2.24) is 0 Å². The molecule has 1 N–H and O–H groups in total. The summed E-state index contributed by atoms with van der Waals surface area (Å²) in [5.74, 6) is 0. The van der Waals surface area contributed by atoms with E-state index in [1.165, 1.54) is 0 Å². The Balaban J connectivity index is 3.22. The second-order valence-corrected chi connectivity index (χ2v) is 3.48. The lowest BCUT2D eigenvalue weighted by molar-refractivity contribution is -0.870. The molecular weight excluding hydrogens is 146 g/mol. The third kappa shape index (κ3) is 9.23. The van der Waals surface area contributed by atoms with E-state index in [2.05, 4.69) is 25.9 Å². The number of carboxylic acid groups (broad SMARTS) is 1. The van der Waals surface area contributed by atoms with Crippen LogP contribution in [-0.2, 0) is 4.74 Å². The molecule has 0 spiro atoms. The van der Waals surface area contributed by atoms with Crippen molar-refractivity contribution in [1.29, 1.82) is 0 Å². The summed E-state index contributed by atoms with van der Waals surface area (Å²) in [5.41, 5.74) is 0. The largest absolute Gasteiger partial charge is 0.505 e. The van der Waals surface area contributed by atoms with Crippen LogP contribution in [0.3, 0.4) is 0 Å². The van der Waals surface area contributed by atoms with Crippen molar-refractivity contribution in [2.45, 2.75) is 6.42 Å². The molecule has 66 valence electrons. The lowest BCUT2D eigenvalue weighted by Gasteiger charge is -2.23. The van der Waals surface area contributed by atoms with Crippen molar-refractivity contribution < 1.29 is 19.1 Å². The number of nitrogens with zero attached hydrogens (tertiary/aromatic N) is 1. The Morgan fingerprint density at radius 3 is 2.36 bits per heavy atom. The number of hydrogen-bond donors (Lipinski definition) is 1. The Labute approximate surface area is 67.0 Å². The van der Waals surface area contributed by atoms with Gasteiger partial charge in [0.15, 0.2) is 0 Å². The van der Waals surface area contributed by atoms with Crippen LogP contribution in [0.4, 0.5) is 4.79 Å². The van der Waals surface area contributed by atoms with Crippen molar-refractivity contribution in [3.05, 3.63) is 0 Å². The fraction of sp³-hybridized carbons (Fsp3) is 0.857. The van der Waals surface area contributed by atoms with E-state index < -0.39 is 6.16 Å². The second kappa shape index (κ2) is 4.18. The minimum Gasteiger partial charge on any atom is -0.450 e. The molecule has 0 aromatic heterocycles. The summed E-state index contributed by atoms with van der Waals surface area (Å²) in [5, 5.41) is 8.12. The van der Waals surface area contributed by atoms with Crippen LogP contribution in [0, 0.1) is 0 Å². The zero-order valence-corrected chi connectivity index (χ0v) is 7.33. The fourth-order valence-corrected chi connectivity index (χ4v) is 0.698. The van der Waals surface area contributed by atoms with Crippen LogP contribution >= 0.6 is 0 Å². The molecule has 0 amide bonds. The summed E-state index contributed by atoms with van der Waals surface area (Å²) in [4.78, 5) is 9.90. The summed E-state index contributed by atoms with van der Waals surface area (Å²) in [7, 11) is 6.17. The van der Waals surface area contributed by atoms with Crippen LogP contribution in [0.25, 0.3) is 0 Å². The van der Waals surface area contributed by atoms with E-state index in [-0.39, 0.29) is 0 Å². The Morgan fingerprint density at radius 2 is 2.00 bits per heavy atom. The molecule has 0 aliphatic heterocycles. The predicted molar refractivity (Wildman–Crippen MR) is 41.5 cm³/mol. The van der Waals surface area contributed by atoms with E-state index in [1.54, 1.807) is 0 Å². The van der Waals surface area contributed by atoms with Crippen LogP contribution in [0.5, 0.6) is 0 Å². The average molecular weight is 162 g/mol. The van der Waals surface area contributed by atoms with Gasteiger partial charge in [-0.3, -0.25) is 0 Å². The molecule has 0 aliphatic carbocycles. The molecule has 11 heavy (non-hydrogen) atoms. The van der Waals surface area contributed by atoms with Gasteiger partial charge in [-0.2, -0.15) is 0 Å². The highest BCUT2D eigenvalue weighted by Crippen LogP contribution is 1.93. The van der Waals surface area contributed by atoms with Crippen LogP contribution < -0.4 is 0 Å². The minimum atomic E-state index is -1.19. The lowest BCUT2D eigenvalue weighted by atomic mass is 10.4. The number of rotatable bonds is 4. The Bertz CT molecular complexity index is 128. The molecule has 0 saturated carbocycles. The highest BCUT2D eigenvalue weighted by molar-refractivity contribution is 5.56. The van der Waals surface area contributed by atoms with E-state index in [4.69, 9.17) is 5.11 Å². The van der Waals surface area contributed by atoms with Crippen molar-refractivity contribution in [3.8, 4) is 0 Å². The van der Waals surface area contributed by atoms with Gasteiger partial charge in [0.2, 0.25) is 0 Å². The van der Waals surface area contributed by atoms with E-state index in [9.17, 15) is 4.79 Å². The quantitative estimate of drug-likeness (QED) is 0.377. The minimum absolute atomic E-state index is 0.296. The highest BCUT2D eigenvalue weighted by atomic mass is 16.7. The second-order valence-electron chi connectivity index (χ2n) is 3.48. The van der Waals surface area contributed by atoms with Gasteiger partial charge in [-0.25, -0.2) is 4.79 Å². The van der Waals surface area contributed by atoms with Crippen molar-refractivity contribution >= 4 is 6.16 Å². The van der Waals surface area contributed by atoms with Gasteiger partial charge in [-0.1, -0.05) is 0 Å². The molecular formula is C7H16NO3+. The van der Waals surface area contributed by atoms with E-state index >= 15 is 0 Å². The zero-order chi connectivity index (χ0) is 8.91. The average Bonchev–Trinajstić information content (AvgIpc) is 1.78. The van der Waals surface area contributed by atoms with Gasteiger partial charge in [0.25, 0.3) is 0 Å². The van der Waals surface area contributed by atoms with Gasteiger partial charge in [0.1, 0.15) is 6.61 Å². The Hall–Kier alpha value is -0.770. The van der Waals surface area contributed by atoms with Crippen LogP contribution in [0.15, 0.2) is 0 Å². The maximum absolute atomic E-state index is 9.90. The molecule has 0 aromatic rings. The summed E-state index contributed by atoms with van der Waals surface area (Å²) in [6.45, 7) is 1.22. The maximum atomic E-state index is 9.90. The molecule has 0 fully saturated rings. The molecule has 0 aliphatic rings. The Morgan fingerprint density at radius 1 is 1.45 bits per heavy atom. The first-order valence-corrected chi connectivity index (χ1v) is 3.58. The monoisotopic (exact) mass is 162 g/mol. The number of quaternary nitrogens is 1. The molecule has 4 nitrogen and oxygen atoms in total. The van der Waals surface area contributed by atoms with Gasteiger partial charge in [0, 0.05) is 6.42 Å². The molecule has 4 heteroatoms. The van der Waals surface area contributed by atoms with Crippen molar-refractivity contribution in [2.24, 2.45) is 0 Å². The summed E-state index contributed by atoms with van der Waals surface area (Å²) < 4.78 is 5.18. The molecule has 0 rings (SSSR count). The lowest BCUT2D eigenvalue weighted by Crippen LogP contribution is -2.35. The number of carbonyl (C=O) groups is 1. The van der Waals surface area contributed by atoms with Crippen molar-refractivity contribution in [2.75, 3.05) is 34.3 Å². The normalized spacial score (nSPS) is 11.2.